The standard InChI is InChI=1S/C15H20FNOS/c16-14-7-5-11(6-8-15(18)17-9-10-19)12-3-1-2-4-13(12)14/h5,7,19H,1-4,6,8-10H2,(H,17,18). The van der Waals surface area contributed by atoms with Crippen LogP contribution in [0, 0.1) is 5.82 Å². The van der Waals surface area contributed by atoms with Crippen molar-refractivity contribution in [1.29, 1.82) is 0 Å². The zero-order valence-electron chi connectivity index (χ0n) is 11.0. The van der Waals surface area contributed by atoms with Crippen molar-refractivity contribution in [2.45, 2.75) is 38.5 Å². The smallest absolute Gasteiger partial charge is 0.220 e. The van der Waals surface area contributed by atoms with E-state index in [1.165, 1.54) is 0 Å². The minimum Gasteiger partial charge on any atom is -0.355 e. The largest absolute Gasteiger partial charge is 0.355 e. The molecule has 0 atom stereocenters. The van der Waals surface area contributed by atoms with E-state index < -0.39 is 0 Å². The monoisotopic (exact) mass is 281 g/mol. The van der Waals surface area contributed by atoms with E-state index in [0.717, 1.165) is 42.4 Å². The normalized spacial score (nSPS) is 14.0. The van der Waals surface area contributed by atoms with Gasteiger partial charge in [-0.2, -0.15) is 12.6 Å². The van der Waals surface area contributed by atoms with Gasteiger partial charge in [-0.25, -0.2) is 4.39 Å². The molecule has 0 spiro atoms. The van der Waals surface area contributed by atoms with Gasteiger partial charge in [0.25, 0.3) is 0 Å². The van der Waals surface area contributed by atoms with Gasteiger partial charge in [0.15, 0.2) is 0 Å². The minimum atomic E-state index is -0.0852. The Kier molecular flexibility index (Phi) is 5.25. The molecule has 0 unspecified atom stereocenters. The van der Waals surface area contributed by atoms with Crippen molar-refractivity contribution in [2.75, 3.05) is 12.3 Å². The number of fused-ring (bicyclic) bond motifs is 1. The average Bonchev–Trinajstić information content (AvgIpc) is 2.45. The molecule has 1 aromatic carbocycles. The van der Waals surface area contributed by atoms with Gasteiger partial charge in [-0.05, 0) is 54.9 Å². The number of amides is 1. The number of carbonyl (C=O) groups is 1. The summed E-state index contributed by atoms with van der Waals surface area (Å²) in [5.74, 6) is 0.610. The van der Waals surface area contributed by atoms with Gasteiger partial charge in [0.05, 0.1) is 0 Å². The lowest BCUT2D eigenvalue weighted by molar-refractivity contribution is -0.120. The van der Waals surface area contributed by atoms with E-state index in [4.69, 9.17) is 0 Å². The molecule has 0 aromatic heterocycles. The molecule has 0 heterocycles. The van der Waals surface area contributed by atoms with Crippen LogP contribution in [0.15, 0.2) is 12.1 Å². The fraction of sp³-hybridized carbons (Fsp3) is 0.533. The van der Waals surface area contributed by atoms with Gasteiger partial charge < -0.3 is 5.32 Å². The number of benzene rings is 1. The lowest BCUT2D eigenvalue weighted by Gasteiger charge is -2.20. The molecule has 0 radical (unpaired) electrons. The third kappa shape index (κ3) is 3.72. The van der Waals surface area contributed by atoms with Crippen LogP contribution in [0.4, 0.5) is 4.39 Å². The first kappa shape index (κ1) is 14.4. The number of hydrogen-bond acceptors (Lipinski definition) is 2. The second kappa shape index (κ2) is 6.94. The summed E-state index contributed by atoms with van der Waals surface area (Å²) in [4.78, 5) is 11.6. The highest BCUT2D eigenvalue weighted by Gasteiger charge is 2.17. The van der Waals surface area contributed by atoms with Gasteiger partial charge >= 0.3 is 0 Å². The quantitative estimate of drug-likeness (QED) is 0.798. The molecule has 1 aromatic rings. The highest BCUT2D eigenvalue weighted by Crippen LogP contribution is 2.27. The van der Waals surface area contributed by atoms with Crippen LogP contribution in [0.5, 0.6) is 0 Å². The molecule has 4 heteroatoms. The molecule has 1 amide bonds. The molecule has 19 heavy (non-hydrogen) atoms. The van der Waals surface area contributed by atoms with E-state index in [1.807, 2.05) is 6.07 Å². The van der Waals surface area contributed by atoms with Crippen molar-refractivity contribution in [1.82, 2.24) is 5.32 Å². The third-order valence-corrected chi connectivity index (χ3v) is 3.85. The zero-order valence-corrected chi connectivity index (χ0v) is 11.9. The van der Waals surface area contributed by atoms with Crippen molar-refractivity contribution in [3.8, 4) is 0 Å². The van der Waals surface area contributed by atoms with Crippen molar-refractivity contribution >= 4 is 18.5 Å². The molecule has 0 bridgehead atoms. The fourth-order valence-electron chi connectivity index (χ4n) is 2.66. The molecule has 1 aliphatic rings. The number of thiol groups is 1. The summed E-state index contributed by atoms with van der Waals surface area (Å²) in [6.07, 6.45) is 5.12. The topological polar surface area (TPSA) is 29.1 Å². The molecule has 2 nitrogen and oxygen atoms in total. The SMILES string of the molecule is O=C(CCc1ccc(F)c2c1CCCC2)NCCS. The van der Waals surface area contributed by atoms with Crippen molar-refractivity contribution in [2.24, 2.45) is 0 Å². The van der Waals surface area contributed by atoms with Gasteiger partial charge in [0.1, 0.15) is 5.82 Å². The van der Waals surface area contributed by atoms with Crippen LogP contribution < -0.4 is 5.32 Å². The number of aryl methyl sites for hydroxylation is 1. The zero-order chi connectivity index (χ0) is 13.7. The van der Waals surface area contributed by atoms with Crippen LogP contribution in [0.3, 0.4) is 0 Å². The Morgan fingerprint density at radius 3 is 2.74 bits per heavy atom. The van der Waals surface area contributed by atoms with Crippen LogP contribution in [0.25, 0.3) is 0 Å². The Balaban J connectivity index is 2.03. The Labute approximate surface area is 119 Å². The first-order valence-corrected chi connectivity index (χ1v) is 7.52. The maximum absolute atomic E-state index is 13.7. The van der Waals surface area contributed by atoms with E-state index in [2.05, 4.69) is 17.9 Å². The van der Waals surface area contributed by atoms with Crippen LogP contribution in [-0.2, 0) is 24.1 Å². The summed E-state index contributed by atoms with van der Waals surface area (Å²) in [6.45, 7) is 0.601. The fourth-order valence-corrected chi connectivity index (χ4v) is 2.78. The van der Waals surface area contributed by atoms with Gasteiger partial charge in [0.2, 0.25) is 5.91 Å². The average molecular weight is 281 g/mol. The molecule has 1 aliphatic carbocycles. The van der Waals surface area contributed by atoms with Gasteiger partial charge in [-0.3, -0.25) is 4.79 Å². The molecular formula is C15H20FNOS. The molecule has 0 fully saturated rings. The first-order valence-electron chi connectivity index (χ1n) is 6.89. The lowest BCUT2D eigenvalue weighted by Crippen LogP contribution is -2.25. The second-order valence-electron chi connectivity index (χ2n) is 4.94. The van der Waals surface area contributed by atoms with Crippen LogP contribution in [-0.4, -0.2) is 18.2 Å². The predicted molar refractivity (Wildman–Crippen MR) is 78.2 cm³/mol. The summed E-state index contributed by atoms with van der Waals surface area (Å²) in [7, 11) is 0. The molecule has 0 saturated heterocycles. The van der Waals surface area contributed by atoms with Crippen molar-refractivity contribution < 1.29 is 9.18 Å². The minimum absolute atomic E-state index is 0.0444. The van der Waals surface area contributed by atoms with Gasteiger partial charge in [0, 0.05) is 18.7 Å². The highest BCUT2D eigenvalue weighted by atomic mass is 32.1. The number of carbonyl (C=O) groups excluding carboxylic acids is 1. The Bertz CT molecular complexity index is 462. The molecular weight excluding hydrogens is 261 g/mol. The summed E-state index contributed by atoms with van der Waals surface area (Å²) >= 11 is 4.05. The van der Waals surface area contributed by atoms with E-state index in [-0.39, 0.29) is 11.7 Å². The molecule has 2 rings (SSSR count). The second-order valence-corrected chi connectivity index (χ2v) is 5.39. The lowest BCUT2D eigenvalue weighted by atomic mass is 9.86. The molecule has 0 aliphatic heterocycles. The van der Waals surface area contributed by atoms with Gasteiger partial charge in [-0.1, -0.05) is 6.07 Å². The van der Waals surface area contributed by atoms with E-state index in [0.29, 0.717) is 25.1 Å². The predicted octanol–water partition coefficient (Wildman–Crippen LogP) is 2.68. The van der Waals surface area contributed by atoms with Crippen LogP contribution >= 0.6 is 12.6 Å². The maximum Gasteiger partial charge on any atom is 0.220 e. The number of halogens is 1. The Morgan fingerprint density at radius 1 is 1.26 bits per heavy atom. The number of rotatable bonds is 5. The summed E-state index contributed by atoms with van der Waals surface area (Å²) in [5, 5.41) is 2.80. The summed E-state index contributed by atoms with van der Waals surface area (Å²) in [6, 6.07) is 3.39. The first-order chi connectivity index (χ1) is 9.22. The Morgan fingerprint density at radius 2 is 2.00 bits per heavy atom. The van der Waals surface area contributed by atoms with Crippen LogP contribution in [0.2, 0.25) is 0 Å². The van der Waals surface area contributed by atoms with E-state index in [1.54, 1.807) is 6.07 Å². The van der Waals surface area contributed by atoms with Gasteiger partial charge in [-0.15, -0.1) is 0 Å². The Hall–Kier alpha value is -1.03. The number of hydrogen-bond donors (Lipinski definition) is 2. The molecule has 104 valence electrons. The van der Waals surface area contributed by atoms with Crippen molar-refractivity contribution in [3.63, 3.8) is 0 Å². The summed E-state index contributed by atoms with van der Waals surface area (Å²) < 4.78 is 13.7. The maximum atomic E-state index is 13.7. The van der Waals surface area contributed by atoms with E-state index >= 15 is 0 Å². The van der Waals surface area contributed by atoms with E-state index in [9.17, 15) is 9.18 Å². The molecule has 1 N–H and O–H groups in total. The number of nitrogens with one attached hydrogen (secondary N) is 1. The molecule has 0 saturated carbocycles. The van der Waals surface area contributed by atoms with Crippen molar-refractivity contribution in [3.05, 3.63) is 34.6 Å². The highest BCUT2D eigenvalue weighted by molar-refractivity contribution is 7.80. The van der Waals surface area contributed by atoms with Crippen LogP contribution in [0.1, 0.15) is 36.0 Å². The summed E-state index contributed by atoms with van der Waals surface area (Å²) in [5.41, 5.74) is 3.16. The third-order valence-electron chi connectivity index (χ3n) is 3.63.